The molecule has 0 atom stereocenters. The summed E-state index contributed by atoms with van der Waals surface area (Å²) in [7, 11) is 0. The number of esters is 1. The lowest BCUT2D eigenvalue weighted by atomic mass is 10.1. The fourth-order valence-electron chi connectivity index (χ4n) is 1.74. The molecule has 3 N–H and O–H groups in total. The monoisotopic (exact) mass is 368 g/mol. The molecule has 2 aromatic rings. The Kier molecular flexibility index (Phi) is 5.09. The number of carbonyl (C=O) groups is 1. The Morgan fingerprint density at radius 3 is 2.76 bits per heavy atom. The standard InChI is InChI=1S/C15H14BrClN2O2/c1-2-21-15(20)9-3-6-13(18)14(7-9)19-10-4-5-11(16)12(17)8-10/h3-8,19H,2,18H2,1H3. The molecule has 0 amide bonds. The molecule has 2 rings (SSSR count). The predicted octanol–water partition coefficient (Wildman–Crippen LogP) is 4.61. The summed E-state index contributed by atoms with van der Waals surface area (Å²) in [5.41, 5.74) is 8.29. The first-order valence-corrected chi connectivity index (χ1v) is 7.47. The van der Waals surface area contributed by atoms with Crippen LogP contribution in [0.5, 0.6) is 0 Å². The van der Waals surface area contributed by atoms with Gasteiger partial charge in [0.15, 0.2) is 0 Å². The maximum atomic E-state index is 11.7. The molecule has 0 aliphatic heterocycles. The van der Waals surface area contributed by atoms with E-state index >= 15 is 0 Å². The quantitative estimate of drug-likeness (QED) is 0.610. The summed E-state index contributed by atoms with van der Waals surface area (Å²) in [6.07, 6.45) is 0. The molecule has 2 aromatic carbocycles. The van der Waals surface area contributed by atoms with Crippen LogP contribution < -0.4 is 11.1 Å². The maximum absolute atomic E-state index is 11.7. The highest BCUT2D eigenvalue weighted by molar-refractivity contribution is 9.10. The number of nitrogens with two attached hydrogens (primary N) is 1. The van der Waals surface area contributed by atoms with Crippen LogP contribution in [-0.2, 0) is 4.74 Å². The molecule has 0 unspecified atom stereocenters. The van der Waals surface area contributed by atoms with Crippen molar-refractivity contribution in [2.75, 3.05) is 17.7 Å². The molecule has 0 aromatic heterocycles. The number of hydrogen-bond acceptors (Lipinski definition) is 4. The number of rotatable bonds is 4. The first-order chi connectivity index (χ1) is 10.0. The fraction of sp³-hybridized carbons (Fsp3) is 0.133. The molecular weight excluding hydrogens is 356 g/mol. The lowest BCUT2D eigenvalue weighted by molar-refractivity contribution is 0.0526. The van der Waals surface area contributed by atoms with Gasteiger partial charge in [-0.1, -0.05) is 11.6 Å². The Bertz CT molecular complexity index is 677. The molecule has 0 heterocycles. The molecule has 21 heavy (non-hydrogen) atoms. The third-order valence-electron chi connectivity index (χ3n) is 2.76. The van der Waals surface area contributed by atoms with Crippen molar-refractivity contribution in [2.24, 2.45) is 0 Å². The normalized spacial score (nSPS) is 10.2. The number of anilines is 3. The zero-order chi connectivity index (χ0) is 15.4. The highest BCUT2D eigenvalue weighted by Gasteiger charge is 2.10. The molecule has 0 radical (unpaired) electrons. The van der Waals surface area contributed by atoms with Gasteiger partial charge in [-0.15, -0.1) is 0 Å². The number of hydrogen-bond donors (Lipinski definition) is 2. The van der Waals surface area contributed by atoms with Crippen molar-refractivity contribution in [3.8, 4) is 0 Å². The first-order valence-electron chi connectivity index (χ1n) is 6.30. The smallest absolute Gasteiger partial charge is 0.338 e. The van der Waals surface area contributed by atoms with Crippen LogP contribution in [0.1, 0.15) is 17.3 Å². The van der Waals surface area contributed by atoms with Crippen LogP contribution in [0.4, 0.5) is 17.1 Å². The van der Waals surface area contributed by atoms with Crippen LogP contribution >= 0.6 is 27.5 Å². The minimum Gasteiger partial charge on any atom is -0.462 e. The number of nitrogens with one attached hydrogen (secondary N) is 1. The van der Waals surface area contributed by atoms with Crippen molar-refractivity contribution in [1.82, 2.24) is 0 Å². The Labute approximate surface area is 136 Å². The van der Waals surface area contributed by atoms with Crippen LogP contribution in [0.15, 0.2) is 40.9 Å². The van der Waals surface area contributed by atoms with E-state index in [1.165, 1.54) is 0 Å². The van der Waals surface area contributed by atoms with E-state index in [1.54, 1.807) is 31.2 Å². The van der Waals surface area contributed by atoms with Crippen LogP contribution in [0.3, 0.4) is 0 Å². The SMILES string of the molecule is CCOC(=O)c1ccc(N)c(Nc2ccc(Br)c(Cl)c2)c1. The summed E-state index contributed by atoms with van der Waals surface area (Å²) in [5.74, 6) is -0.380. The van der Waals surface area contributed by atoms with Gasteiger partial charge in [0.05, 0.1) is 28.6 Å². The van der Waals surface area contributed by atoms with Gasteiger partial charge in [-0.05, 0) is 59.3 Å². The van der Waals surface area contributed by atoms with Crippen molar-refractivity contribution in [3.05, 3.63) is 51.5 Å². The Hall–Kier alpha value is -1.72. The molecule has 0 saturated carbocycles. The van der Waals surface area contributed by atoms with E-state index in [-0.39, 0.29) is 5.97 Å². The lowest BCUT2D eigenvalue weighted by Gasteiger charge is -2.12. The van der Waals surface area contributed by atoms with Crippen LogP contribution in [0.2, 0.25) is 5.02 Å². The maximum Gasteiger partial charge on any atom is 0.338 e. The number of nitrogen functional groups attached to an aromatic ring is 1. The second-order valence-electron chi connectivity index (χ2n) is 4.28. The van der Waals surface area contributed by atoms with Gasteiger partial charge in [-0.25, -0.2) is 4.79 Å². The third-order valence-corrected chi connectivity index (χ3v) is 4.00. The van der Waals surface area contributed by atoms with Gasteiger partial charge >= 0.3 is 5.97 Å². The largest absolute Gasteiger partial charge is 0.462 e. The summed E-state index contributed by atoms with van der Waals surface area (Å²) < 4.78 is 5.78. The molecular formula is C15H14BrClN2O2. The summed E-state index contributed by atoms with van der Waals surface area (Å²) in [5, 5.41) is 3.72. The van der Waals surface area contributed by atoms with Crippen molar-refractivity contribution >= 4 is 50.6 Å². The van der Waals surface area contributed by atoms with Crippen LogP contribution in [0, 0.1) is 0 Å². The van der Waals surface area contributed by atoms with E-state index in [0.717, 1.165) is 10.2 Å². The van der Waals surface area contributed by atoms with Crippen LogP contribution in [-0.4, -0.2) is 12.6 Å². The molecule has 0 aliphatic carbocycles. The van der Waals surface area contributed by atoms with E-state index in [9.17, 15) is 4.79 Å². The zero-order valence-corrected chi connectivity index (χ0v) is 13.7. The molecule has 110 valence electrons. The fourth-order valence-corrected chi connectivity index (χ4v) is 2.16. The molecule has 4 nitrogen and oxygen atoms in total. The van der Waals surface area contributed by atoms with Crippen molar-refractivity contribution < 1.29 is 9.53 Å². The Morgan fingerprint density at radius 2 is 2.10 bits per heavy atom. The van der Waals surface area contributed by atoms with E-state index in [1.807, 2.05) is 12.1 Å². The first kappa shape index (κ1) is 15.7. The van der Waals surface area contributed by atoms with Gasteiger partial charge in [0.25, 0.3) is 0 Å². The van der Waals surface area contributed by atoms with Gasteiger partial charge in [0, 0.05) is 10.2 Å². The average molecular weight is 370 g/mol. The molecule has 6 heteroatoms. The second kappa shape index (κ2) is 6.83. The van der Waals surface area contributed by atoms with Gasteiger partial charge in [-0.2, -0.15) is 0 Å². The predicted molar refractivity (Wildman–Crippen MR) is 89.2 cm³/mol. The van der Waals surface area contributed by atoms with E-state index in [4.69, 9.17) is 22.1 Å². The number of carbonyl (C=O) groups excluding carboxylic acids is 1. The third kappa shape index (κ3) is 3.89. The van der Waals surface area contributed by atoms with E-state index in [0.29, 0.717) is 28.6 Å². The van der Waals surface area contributed by atoms with E-state index < -0.39 is 0 Å². The van der Waals surface area contributed by atoms with Crippen LogP contribution in [0.25, 0.3) is 0 Å². The summed E-state index contributed by atoms with van der Waals surface area (Å²) in [6, 6.07) is 10.4. The van der Waals surface area contributed by atoms with Crippen molar-refractivity contribution in [1.29, 1.82) is 0 Å². The average Bonchev–Trinajstić information content (AvgIpc) is 2.45. The summed E-state index contributed by atoms with van der Waals surface area (Å²) >= 11 is 9.38. The lowest BCUT2D eigenvalue weighted by Crippen LogP contribution is -2.06. The molecule has 0 fully saturated rings. The highest BCUT2D eigenvalue weighted by Crippen LogP contribution is 2.29. The van der Waals surface area contributed by atoms with Crippen molar-refractivity contribution in [2.45, 2.75) is 6.92 Å². The van der Waals surface area contributed by atoms with Gasteiger partial charge < -0.3 is 15.8 Å². The van der Waals surface area contributed by atoms with E-state index in [2.05, 4.69) is 21.2 Å². The minimum absolute atomic E-state index is 0.328. The van der Waals surface area contributed by atoms with Gasteiger partial charge in [0.1, 0.15) is 0 Å². The highest BCUT2D eigenvalue weighted by atomic mass is 79.9. The second-order valence-corrected chi connectivity index (χ2v) is 5.54. The Balaban J connectivity index is 2.28. The number of ether oxygens (including phenoxy) is 1. The Morgan fingerprint density at radius 1 is 1.33 bits per heavy atom. The molecule has 0 spiro atoms. The van der Waals surface area contributed by atoms with Crippen molar-refractivity contribution in [3.63, 3.8) is 0 Å². The zero-order valence-electron chi connectivity index (χ0n) is 11.3. The topological polar surface area (TPSA) is 64.3 Å². The summed E-state index contributed by atoms with van der Waals surface area (Å²) in [4.78, 5) is 11.7. The van der Waals surface area contributed by atoms with Gasteiger partial charge in [0.2, 0.25) is 0 Å². The number of benzene rings is 2. The number of halogens is 2. The molecule has 0 saturated heterocycles. The summed E-state index contributed by atoms with van der Waals surface area (Å²) in [6.45, 7) is 2.09. The van der Waals surface area contributed by atoms with Gasteiger partial charge in [-0.3, -0.25) is 0 Å². The molecule has 0 bridgehead atoms. The molecule has 0 aliphatic rings. The minimum atomic E-state index is -0.380.